The number of allylic oxidation sites excluding steroid dienone is 2. The average molecular weight is 773 g/mol. The highest BCUT2D eigenvalue weighted by Crippen LogP contribution is 2.84. The second-order valence-corrected chi connectivity index (χ2v) is 18.7. The van der Waals surface area contributed by atoms with Gasteiger partial charge in [-0.1, -0.05) is 146 Å². The molecule has 60 heavy (non-hydrogen) atoms. The van der Waals surface area contributed by atoms with Crippen molar-refractivity contribution in [2.24, 2.45) is 23.2 Å². The van der Waals surface area contributed by atoms with Crippen molar-refractivity contribution in [3.63, 3.8) is 0 Å². The van der Waals surface area contributed by atoms with Crippen molar-refractivity contribution < 1.29 is 0 Å². The summed E-state index contributed by atoms with van der Waals surface area (Å²) in [5, 5.41) is 0. The first-order valence-corrected chi connectivity index (χ1v) is 22.2. The standard InChI is InChI=1S/C58H48N2/c1-3-14-39(15-4-1)42-30-43(40-16-5-2-6-17-40)32-50(31-42)59(49-19-13-18-44(35-49)57-36-46-33-45-34-47(37-57)58(45,46)38-57)48-28-26-41(27-29-48)51-20-7-10-23-54(51)60-55-24-11-8-21-52(55)53-22-9-12-25-56(53)60/h1-32,35,45-47,52,55H,33-34,36-38H2/t45?,46-,47-,52?,55?,57?,58?/m0/s1. The van der Waals surface area contributed by atoms with E-state index in [1.165, 1.54) is 99.5 Å². The first-order valence-electron chi connectivity index (χ1n) is 22.2. The summed E-state index contributed by atoms with van der Waals surface area (Å²) in [6.07, 6.45) is 16.3. The monoisotopic (exact) mass is 772 g/mol. The Morgan fingerprint density at radius 3 is 1.82 bits per heavy atom. The third-order valence-electron chi connectivity index (χ3n) is 16.0. The van der Waals surface area contributed by atoms with Crippen molar-refractivity contribution in [2.45, 2.75) is 49.5 Å². The van der Waals surface area contributed by atoms with Gasteiger partial charge in [-0.2, -0.15) is 0 Å². The smallest absolute Gasteiger partial charge is 0.0629 e. The number of rotatable bonds is 8. The Bertz CT molecular complexity index is 2780. The van der Waals surface area contributed by atoms with Crippen LogP contribution in [0.2, 0.25) is 0 Å². The lowest BCUT2D eigenvalue weighted by Gasteiger charge is -2.66. The lowest BCUT2D eigenvalue weighted by molar-refractivity contribution is -0.175. The molecule has 0 radical (unpaired) electrons. The summed E-state index contributed by atoms with van der Waals surface area (Å²) < 4.78 is 0. The largest absolute Gasteiger partial charge is 0.333 e. The predicted molar refractivity (Wildman–Crippen MR) is 248 cm³/mol. The number of hydrogen-bond donors (Lipinski definition) is 0. The Morgan fingerprint density at radius 2 is 1.12 bits per heavy atom. The van der Waals surface area contributed by atoms with E-state index in [1.807, 2.05) is 0 Å². The van der Waals surface area contributed by atoms with E-state index in [4.69, 9.17) is 0 Å². The normalized spacial score (nSPS) is 27.1. The summed E-state index contributed by atoms with van der Waals surface area (Å²) >= 11 is 0. The minimum atomic E-state index is 0.251. The first-order chi connectivity index (χ1) is 29.6. The van der Waals surface area contributed by atoms with E-state index in [1.54, 1.807) is 5.56 Å². The van der Waals surface area contributed by atoms with Gasteiger partial charge in [0.15, 0.2) is 0 Å². The van der Waals surface area contributed by atoms with Gasteiger partial charge in [-0.25, -0.2) is 0 Å². The maximum absolute atomic E-state index is 2.58. The lowest BCUT2D eigenvalue weighted by atomic mass is 9.38. The van der Waals surface area contributed by atoms with Crippen molar-refractivity contribution in [1.29, 1.82) is 0 Å². The molecule has 5 aliphatic carbocycles. The van der Waals surface area contributed by atoms with E-state index in [0.29, 0.717) is 16.7 Å². The van der Waals surface area contributed by atoms with Crippen LogP contribution < -0.4 is 9.80 Å². The highest BCUT2D eigenvalue weighted by molar-refractivity contribution is 5.89. The van der Waals surface area contributed by atoms with Gasteiger partial charge >= 0.3 is 0 Å². The first kappa shape index (κ1) is 34.5. The van der Waals surface area contributed by atoms with E-state index >= 15 is 0 Å². The Hall–Kier alpha value is -6.38. The van der Waals surface area contributed by atoms with E-state index in [0.717, 1.165) is 17.8 Å². The summed E-state index contributed by atoms with van der Waals surface area (Å²) in [5.74, 6) is 3.26. The zero-order chi connectivity index (χ0) is 39.4. The molecule has 4 fully saturated rings. The van der Waals surface area contributed by atoms with E-state index in [-0.39, 0.29) is 6.04 Å². The molecule has 6 aliphatic rings. The minimum absolute atomic E-state index is 0.251. The van der Waals surface area contributed by atoms with Crippen LogP contribution >= 0.6 is 0 Å². The third kappa shape index (κ3) is 5.00. The molecule has 0 aromatic heterocycles. The lowest BCUT2D eigenvalue weighted by Crippen LogP contribution is -2.59. The molecule has 0 N–H and O–H groups in total. The van der Waals surface area contributed by atoms with Gasteiger partial charge in [0.05, 0.1) is 6.04 Å². The SMILES string of the molecule is C1=CC2c3ccccc3N(c3ccccc3-c3ccc(N(c4cc(-c5ccccc5)cc(-c5ccccc5)c4)c4cccc(C56C[C@@H]7CC8C[C@@H](C5)C87C6)c4)cc3)C2C=C1. The molecule has 1 spiro atoms. The van der Waals surface area contributed by atoms with Crippen LogP contribution in [0.1, 0.15) is 49.1 Å². The van der Waals surface area contributed by atoms with Gasteiger partial charge in [0, 0.05) is 39.9 Å². The molecular formula is C58H48N2. The number of anilines is 5. The molecule has 2 nitrogen and oxygen atoms in total. The number of fused-ring (bicyclic) bond motifs is 4. The quantitative estimate of drug-likeness (QED) is 0.152. The highest BCUT2D eigenvalue weighted by Gasteiger charge is 2.77. The average Bonchev–Trinajstić information content (AvgIpc) is 3.93. The second-order valence-electron chi connectivity index (χ2n) is 18.7. The molecule has 13 rings (SSSR count). The second kappa shape index (κ2) is 13.1. The van der Waals surface area contributed by atoms with Gasteiger partial charge < -0.3 is 9.80 Å². The fourth-order valence-corrected chi connectivity index (χ4v) is 13.5. The molecule has 290 valence electrons. The third-order valence-corrected chi connectivity index (χ3v) is 16.0. The van der Waals surface area contributed by atoms with E-state index in [2.05, 4.69) is 210 Å². The number of hydrogen-bond acceptors (Lipinski definition) is 2. The summed E-state index contributed by atoms with van der Waals surface area (Å²) in [6.45, 7) is 0. The molecule has 4 saturated carbocycles. The van der Waals surface area contributed by atoms with Crippen molar-refractivity contribution in [2.75, 3.05) is 9.80 Å². The van der Waals surface area contributed by atoms with Crippen LogP contribution in [0.4, 0.5) is 28.4 Å². The van der Waals surface area contributed by atoms with Crippen LogP contribution in [0.5, 0.6) is 0 Å². The number of nitrogens with zero attached hydrogens (tertiary/aromatic N) is 2. The van der Waals surface area contributed by atoms with Gasteiger partial charge in [-0.15, -0.1) is 0 Å². The van der Waals surface area contributed by atoms with Crippen molar-refractivity contribution in [3.8, 4) is 33.4 Å². The summed E-state index contributed by atoms with van der Waals surface area (Å²) in [6, 6.07) is 66.3. The van der Waals surface area contributed by atoms with Crippen molar-refractivity contribution in [3.05, 3.63) is 211 Å². The topological polar surface area (TPSA) is 6.48 Å². The molecule has 1 heterocycles. The molecule has 7 aromatic carbocycles. The van der Waals surface area contributed by atoms with Gasteiger partial charge in [-0.3, -0.25) is 0 Å². The van der Waals surface area contributed by atoms with Gasteiger partial charge in [-0.05, 0) is 154 Å². The van der Waals surface area contributed by atoms with Crippen molar-refractivity contribution >= 4 is 28.4 Å². The molecular weight excluding hydrogens is 725 g/mol. The maximum Gasteiger partial charge on any atom is 0.0629 e. The number of benzene rings is 7. The van der Waals surface area contributed by atoms with Crippen LogP contribution in [0.25, 0.3) is 33.4 Å². The van der Waals surface area contributed by atoms with Crippen LogP contribution in [0, 0.1) is 23.2 Å². The highest BCUT2D eigenvalue weighted by atomic mass is 15.2. The predicted octanol–water partition coefficient (Wildman–Crippen LogP) is 15.0. The van der Waals surface area contributed by atoms with Crippen LogP contribution in [0.3, 0.4) is 0 Å². The zero-order valence-corrected chi connectivity index (χ0v) is 33.9. The number of para-hydroxylation sites is 2. The van der Waals surface area contributed by atoms with Crippen LogP contribution in [0.15, 0.2) is 200 Å². The molecule has 2 bridgehead atoms. The fraction of sp³-hybridized carbons (Fsp3) is 0.207. The summed E-state index contributed by atoms with van der Waals surface area (Å²) in [5.41, 5.74) is 17.4. The van der Waals surface area contributed by atoms with Crippen molar-refractivity contribution in [1.82, 2.24) is 0 Å². The molecule has 1 aliphatic heterocycles. The fourth-order valence-electron chi connectivity index (χ4n) is 13.5. The molecule has 2 unspecified atom stereocenters. The molecule has 7 aromatic rings. The molecule has 4 atom stereocenters. The van der Waals surface area contributed by atoms with Gasteiger partial charge in [0.2, 0.25) is 0 Å². The summed E-state index contributed by atoms with van der Waals surface area (Å²) in [4.78, 5) is 5.09. The Morgan fingerprint density at radius 1 is 0.467 bits per heavy atom. The Kier molecular flexibility index (Phi) is 7.50. The molecule has 0 amide bonds. The Balaban J connectivity index is 0.946. The van der Waals surface area contributed by atoms with Crippen LogP contribution in [-0.2, 0) is 5.41 Å². The van der Waals surface area contributed by atoms with Gasteiger partial charge in [0.1, 0.15) is 0 Å². The summed E-state index contributed by atoms with van der Waals surface area (Å²) in [7, 11) is 0. The van der Waals surface area contributed by atoms with E-state index < -0.39 is 0 Å². The zero-order valence-electron chi connectivity index (χ0n) is 33.9. The maximum atomic E-state index is 2.58. The Labute approximate surface area is 354 Å². The minimum Gasteiger partial charge on any atom is -0.333 e. The molecule has 2 heteroatoms. The molecule has 0 saturated heterocycles. The van der Waals surface area contributed by atoms with Crippen LogP contribution in [-0.4, -0.2) is 6.04 Å². The van der Waals surface area contributed by atoms with Gasteiger partial charge in [0.25, 0.3) is 0 Å². The van der Waals surface area contributed by atoms with E-state index in [9.17, 15) is 0 Å².